The fraction of sp³-hybridized carbons (Fsp3) is 0.250. The quantitative estimate of drug-likeness (QED) is 0.190. The van der Waals surface area contributed by atoms with Crippen molar-refractivity contribution in [3.05, 3.63) is 119 Å². The molecule has 0 aliphatic rings. The van der Waals surface area contributed by atoms with Crippen LogP contribution in [0.5, 0.6) is 0 Å². The Bertz CT molecular complexity index is 974. The van der Waals surface area contributed by atoms with Crippen molar-refractivity contribution in [1.29, 1.82) is 0 Å². The van der Waals surface area contributed by atoms with Crippen LogP contribution in [-0.2, 0) is 31.2 Å². The van der Waals surface area contributed by atoms with Gasteiger partial charge in [0.25, 0.3) is 0 Å². The van der Waals surface area contributed by atoms with Gasteiger partial charge < -0.3 is 19.3 Å². The van der Waals surface area contributed by atoms with E-state index in [0.29, 0.717) is 18.8 Å². The summed E-state index contributed by atoms with van der Waals surface area (Å²) < 4.78 is 17.1. The van der Waals surface area contributed by atoms with Gasteiger partial charge in [-0.2, -0.15) is 0 Å². The first-order valence-electron chi connectivity index (χ1n) is 10.9. The zero-order valence-electron chi connectivity index (χ0n) is 18.9. The molecule has 33 heavy (non-hydrogen) atoms. The number of carbonyl (C=O) groups excluding carboxylic acids is 1. The molecule has 5 nitrogen and oxygen atoms in total. The molecule has 5 heteroatoms. The number of hydrogen-bond donors (Lipinski definition) is 1. The summed E-state index contributed by atoms with van der Waals surface area (Å²) in [5, 5.41) is 9.54. The van der Waals surface area contributed by atoms with E-state index in [1.54, 1.807) is 6.92 Å². The molecule has 1 N–H and O–H groups in total. The smallest absolute Gasteiger partial charge is 0.333 e. The molecule has 0 saturated carbocycles. The van der Waals surface area contributed by atoms with Gasteiger partial charge in [0.1, 0.15) is 12.2 Å². The van der Waals surface area contributed by atoms with E-state index in [1.807, 2.05) is 84.9 Å². The van der Waals surface area contributed by atoms with Crippen LogP contribution >= 0.6 is 0 Å². The Hall–Kier alpha value is -3.25. The molecule has 172 valence electrons. The van der Waals surface area contributed by atoms with Crippen LogP contribution in [0.3, 0.4) is 0 Å². The fourth-order valence-electron chi connectivity index (χ4n) is 3.64. The maximum Gasteiger partial charge on any atom is 0.333 e. The molecule has 0 amide bonds. The highest BCUT2D eigenvalue weighted by Gasteiger charge is 2.37. The maximum atomic E-state index is 11.4. The Kier molecular flexibility index (Phi) is 8.95. The van der Waals surface area contributed by atoms with Crippen molar-refractivity contribution in [2.75, 3.05) is 26.4 Å². The molecular formula is C28H30O5. The lowest BCUT2D eigenvalue weighted by atomic mass is 9.80. The molecule has 3 rings (SSSR count). The van der Waals surface area contributed by atoms with Crippen LogP contribution in [0.2, 0.25) is 0 Å². The highest BCUT2D eigenvalue weighted by atomic mass is 16.6. The lowest BCUT2D eigenvalue weighted by Gasteiger charge is -2.36. The summed E-state index contributed by atoms with van der Waals surface area (Å²) in [5.41, 5.74) is 3.41. The van der Waals surface area contributed by atoms with E-state index in [0.717, 1.165) is 22.3 Å². The summed E-state index contributed by atoms with van der Waals surface area (Å²) in [5.74, 6) is -0.413. The normalized spacial score (nSPS) is 11.2. The largest absolute Gasteiger partial charge is 0.460 e. The molecule has 0 unspecified atom stereocenters. The van der Waals surface area contributed by atoms with Crippen LogP contribution in [0, 0.1) is 0 Å². The van der Waals surface area contributed by atoms with E-state index >= 15 is 0 Å². The summed E-state index contributed by atoms with van der Waals surface area (Å²) in [7, 11) is 0. The topological polar surface area (TPSA) is 65.0 Å². The molecule has 0 aromatic heterocycles. The molecule has 0 spiro atoms. The van der Waals surface area contributed by atoms with Crippen LogP contribution in [0.25, 0.3) is 0 Å². The first-order chi connectivity index (χ1) is 16.1. The van der Waals surface area contributed by atoms with Gasteiger partial charge in [-0.15, -0.1) is 0 Å². The number of hydrogen-bond acceptors (Lipinski definition) is 5. The van der Waals surface area contributed by atoms with Gasteiger partial charge in [0.2, 0.25) is 0 Å². The van der Waals surface area contributed by atoms with Crippen molar-refractivity contribution < 1.29 is 24.1 Å². The first-order valence-corrected chi connectivity index (χ1v) is 10.9. The van der Waals surface area contributed by atoms with Crippen LogP contribution < -0.4 is 0 Å². The second-order valence-corrected chi connectivity index (χ2v) is 7.65. The van der Waals surface area contributed by atoms with Crippen LogP contribution in [0.1, 0.15) is 29.2 Å². The summed E-state index contributed by atoms with van der Waals surface area (Å²) >= 11 is 0. The predicted octanol–water partition coefficient (Wildman–Crippen LogP) is 4.62. The standard InChI is InChI=1S/C28H30O5/c1-22(2)27(30)32-20-19-31-21-23-13-15-26(16-14-23)28(33-18-17-29,24-9-5-3-6-10-24)25-11-7-4-8-12-25/h3-16,29H,1,17-21H2,2H3. The summed E-state index contributed by atoms with van der Waals surface area (Å²) in [6, 6.07) is 28.1. The van der Waals surface area contributed by atoms with Gasteiger partial charge in [-0.05, 0) is 29.2 Å². The lowest BCUT2D eigenvalue weighted by Crippen LogP contribution is -2.34. The SMILES string of the molecule is C=C(C)C(=O)OCCOCc1ccc(C(OCCO)(c2ccccc2)c2ccccc2)cc1. The second-order valence-electron chi connectivity index (χ2n) is 7.65. The van der Waals surface area contributed by atoms with Crippen molar-refractivity contribution >= 4 is 5.97 Å². The molecule has 3 aromatic carbocycles. The molecule has 0 aliphatic carbocycles. The predicted molar refractivity (Wildman–Crippen MR) is 128 cm³/mol. The number of ether oxygens (including phenoxy) is 3. The lowest BCUT2D eigenvalue weighted by molar-refractivity contribution is -0.140. The molecule has 0 aliphatic heterocycles. The van der Waals surface area contributed by atoms with Gasteiger partial charge in [0, 0.05) is 5.57 Å². The number of benzene rings is 3. The molecule has 0 heterocycles. The number of esters is 1. The second kappa shape index (κ2) is 12.1. The monoisotopic (exact) mass is 446 g/mol. The van der Waals surface area contributed by atoms with Crippen molar-refractivity contribution in [3.8, 4) is 0 Å². The highest BCUT2D eigenvalue weighted by Crippen LogP contribution is 2.40. The average Bonchev–Trinajstić information content (AvgIpc) is 2.86. The molecule has 0 atom stereocenters. The number of carbonyl (C=O) groups is 1. The molecule has 0 radical (unpaired) electrons. The minimum Gasteiger partial charge on any atom is -0.460 e. The van der Waals surface area contributed by atoms with Crippen molar-refractivity contribution in [3.63, 3.8) is 0 Å². The van der Waals surface area contributed by atoms with Crippen molar-refractivity contribution in [2.24, 2.45) is 0 Å². The van der Waals surface area contributed by atoms with E-state index in [9.17, 15) is 9.90 Å². The minimum absolute atomic E-state index is 0.0801. The maximum absolute atomic E-state index is 11.4. The molecule has 0 bridgehead atoms. The van der Waals surface area contributed by atoms with E-state index in [4.69, 9.17) is 14.2 Å². The summed E-state index contributed by atoms with van der Waals surface area (Å²) in [6.45, 7) is 6.16. The minimum atomic E-state index is -0.860. The Morgan fingerprint density at radius 3 is 1.88 bits per heavy atom. The Balaban J connectivity index is 1.81. The third-order valence-electron chi connectivity index (χ3n) is 5.21. The van der Waals surface area contributed by atoms with Gasteiger partial charge in [-0.25, -0.2) is 4.79 Å². The van der Waals surface area contributed by atoms with Crippen LogP contribution in [-0.4, -0.2) is 37.5 Å². The number of rotatable bonds is 12. The van der Waals surface area contributed by atoms with Gasteiger partial charge in [0.05, 0.1) is 26.4 Å². The van der Waals surface area contributed by atoms with Gasteiger partial charge >= 0.3 is 5.97 Å². The highest BCUT2D eigenvalue weighted by molar-refractivity contribution is 5.86. The molecule has 3 aromatic rings. The van der Waals surface area contributed by atoms with Crippen LogP contribution in [0.4, 0.5) is 0 Å². The van der Waals surface area contributed by atoms with Crippen molar-refractivity contribution in [1.82, 2.24) is 0 Å². The Morgan fingerprint density at radius 1 is 0.818 bits per heavy atom. The van der Waals surface area contributed by atoms with Gasteiger partial charge in [-0.1, -0.05) is 91.5 Å². The third kappa shape index (κ3) is 6.17. The third-order valence-corrected chi connectivity index (χ3v) is 5.21. The van der Waals surface area contributed by atoms with Crippen molar-refractivity contribution in [2.45, 2.75) is 19.1 Å². The number of aliphatic hydroxyl groups is 1. The van der Waals surface area contributed by atoms with Crippen LogP contribution in [0.15, 0.2) is 97.1 Å². The van der Waals surface area contributed by atoms with Gasteiger partial charge in [0.15, 0.2) is 0 Å². The fourth-order valence-corrected chi connectivity index (χ4v) is 3.64. The average molecular weight is 447 g/mol. The van der Waals surface area contributed by atoms with E-state index < -0.39 is 11.6 Å². The zero-order chi connectivity index (χ0) is 23.5. The Morgan fingerprint density at radius 2 is 1.36 bits per heavy atom. The molecule has 0 fully saturated rings. The van der Waals surface area contributed by atoms with E-state index in [1.165, 1.54) is 0 Å². The Labute approximate surface area is 195 Å². The van der Waals surface area contributed by atoms with Gasteiger partial charge in [-0.3, -0.25) is 0 Å². The number of aliphatic hydroxyl groups excluding tert-OH is 1. The summed E-state index contributed by atoms with van der Waals surface area (Å²) in [4.78, 5) is 11.4. The zero-order valence-corrected chi connectivity index (χ0v) is 18.9. The molecule has 0 saturated heterocycles. The summed E-state index contributed by atoms with van der Waals surface area (Å²) in [6.07, 6.45) is 0. The van der Waals surface area contributed by atoms with E-state index in [-0.39, 0.29) is 19.8 Å². The van der Waals surface area contributed by atoms with E-state index in [2.05, 4.69) is 6.58 Å². The first kappa shape index (κ1) is 24.4. The molecular weight excluding hydrogens is 416 g/mol.